The molecule has 24 heavy (non-hydrogen) atoms. The Balaban J connectivity index is 2.08. The van der Waals surface area contributed by atoms with Crippen molar-refractivity contribution in [3.8, 4) is 16.9 Å². The van der Waals surface area contributed by atoms with Gasteiger partial charge in [0.05, 0.1) is 11.1 Å². The van der Waals surface area contributed by atoms with Gasteiger partial charge in [0.25, 0.3) is 0 Å². The highest BCUT2D eigenvalue weighted by Crippen LogP contribution is 2.37. The van der Waals surface area contributed by atoms with Crippen LogP contribution in [0.4, 0.5) is 4.39 Å². The van der Waals surface area contributed by atoms with Gasteiger partial charge in [0, 0.05) is 0 Å². The Hall–Kier alpha value is -2.94. The molecule has 0 aromatic heterocycles. The van der Waals surface area contributed by atoms with Crippen molar-refractivity contribution in [1.29, 1.82) is 0 Å². The second-order valence-corrected chi connectivity index (χ2v) is 5.55. The van der Waals surface area contributed by atoms with E-state index in [0.29, 0.717) is 17.4 Å². The topological polar surface area (TPSA) is 26.3 Å². The lowest BCUT2D eigenvalue weighted by Crippen LogP contribution is -2.02. The van der Waals surface area contributed by atoms with E-state index >= 15 is 0 Å². The van der Waals surface area contributed by atoms with Gasteiger partial charge in [-0.3, -0.25) is 4.79 Å². The molecule has 0 saturated carbocycles. The summed E-state index contributed by atoms with van der Waals surface area (Å²) in [5.41, 5.74) is 3.26. The molecule has 0 atom stereocenters. The molecule has 0 N–H and O–H groups in total. The first-order valence-corrected chi connectivity index (χ1v) is 7.71. The van der Waals surface area contributed by atoms with Gasteiger partial charge in [-0.25, -0.2) is 4.39 Å². The highest BCUT2D eigenvalue weighted by molar-refractivity contribution is 5.87. The predicted molar refractivity (Wildman–Crippen MR) is 92.7 cm³/mol. The molecule has 0 unspecified atom stereocenters. The quantitative estimate of drug-likeness (QED) is 0.605. The molecular formula is C21H17FO2. The van der Waals surface area contributed by atoms with Gasteiger partial charge in [-0.1, -0.05) is 54.6 Å². The fourth-order valence-corrected chi connectivity index (χ4v) is 2.66. The Morgan fingerprint density at radius 3 is 2.38 bits per heavy atom. The number of hydrogen-bond donors (Lipinski definition) is 0. The lowest BCUT2D eigenvalue weighted by Gasteiger charge is -2.16. The minimum atomic E-state index is -0.405. The Morgan fingerprint density at radius 2 is 1.67 bits per heavy atom. The fourth-order valence-electron chi connectivity index (χ4n) is 2.66. The summed E-state index contributed by atoms with van der Waals surface area (Å²) in [6.45, 7) is 2.17. The van der Waals surface area contributed by atoms with E-state index in [1.807, 2.05) is 61.5 Å². The number of aryl methyl sites for hydroxylation is 1. The maximum absolute atomic E-state index is 14.6. The van der Waals surface area contributed by atoms with Crippen molar-refractivity contribution < 1.29 is 13.9 Å². The Kier molecular flexibility index (Phi) is 4.71. The number of carbonyl (C=O) groups is 1. The zero-order valence-electron chi connectivity index (χ0n) is 13.3. The van der Waals surface area contributed by atoms with E-state index in [1.54, 1.807) is 0 Å². The van der Waals surface area contributed by atoms with Crippen LogP contribution < -0.4 is 4.74 Å². The van der Waals surface area contributed by atoms with Crippen molar-refractivity contribution in [2.45, 2.75) is 13.5 Å². The number of ether oxygens (including phenoxy) is 1. The first-order chi connectivity index (χ1) is 11.7. The fraction of sp³-hybridized carbons (Fsp3) is 0.0952. The van der Waals surface area contributed by atoms with Crippen molar-refractivity contribution in [2.24, 2.45) is 0 Å². The lowest BCUT2D eigenvalue weighted by atomic mass is 9.97. The van der Waals surface area contributed by atoms with Crippen LogP contribution in [0.3, 0.4) is 0 Å². The summed E-state index contributed by atoms with van der Waals surface area (Å²) in [5.74, 6) is -0.124. The van der Waals surface area contributed by atoms with Crippen LogP contribution in [0.2, 0.25) is 0 Å². The Morgan fingerprint density at radius 1 is 0.958 bits per heavy atom. The van der Waals surface area contributed by atoms with Crippen LogP contribution in [-0.2, 0) is 6.61 Å². The smallest absolute Gasteiger partial charge is 0.153 e. The van der Waals surface area contributed by atoms with E-state index in [4.69, 9.17) is 4.74 Å². The number of carbonyl (C=O) groups excluding carboxylic acids is 1. The molecule has 0 spiro atoms. The summed E-state index contributed by atoms with van der Waals surface area (Å²) in [7, 11) is 0. The molecule has 0 radical (unpaired) electrons. The van der Waals surface area contributed by atoms with Crippen molar-refractivity contribution in [1.82, 2.24) is 0 Å². The number of benzene rings is 3. The van der Waals surface area contributed by atoms with Crippen molar-refractivity contribution in [3.63, 3.8) is 0 Å². The third-order valence-corrected chi connectivity index (χ3v) is 3.90. The van der Waals surface area contributed by atoms with Crippen LogP contribution >= 0.6 is 0 Å². The zero-order valence-corrected chi connectivity index (χ0v) is 13.3. The van der Waals surface area contributed by atoms with Gasteiger partial charge >= 0.3 is 0 Å². The third kappa shape index (κ3) is 3.20. The molecule has 120 valence electrons. The standard InChI is InChI=1S/C21H17FO2/c1-15-7-5-6-10-18(15)20-19(22)12-11-17(13-23)21(20)24-14-16-8-3-2-4-9-16/h2-13H,14H2,1H3. The van der Waals surface area contributed by atoms with Gasteiger partial charge in [0.1, 0.15) is 18.2 Å². The Labute approximate surface area is 140 Å². The maximum atomic E-state index is 14.6. The molecule has 0 amide bonds. The summed E-state index contributed by atoms with van der Waals surface area (Å²) in [6.07, 6.45) is 0.696. The molecule has 3 aromatic rings. The highest BCUT2D eigenvalue weighted by Gasteiger charge is 2.18. The third-order valence-electron chi connectivity index (χ3n) is 3.90. The van der Waals surface area contributed by atoms with Crippen LogP contribution in [0.5, 0.6) is 5.75 Å². The van der Waals surface area contributed by atoms with E-state index in [9.17, 15) is 9.18 Å². The monoisotopic (exact) mass is 320 g/mol. The molecule has 0 bridgehead atoms. The molecule has 3 rings (SSSR count). The molecule has 2 nitrogen and oxygen atoms in total. The predicted octanol–water partition coefficient (Wildman–Crippen LogP) is 5.19. The number of aldehydes is 1. The van der Waals surface area contributed by atoms with E-state index in [0.717, 1.165) is 16.7 Å². The normalized spacial score (nSPS) is 10.4. The zero-order chi connectivity index (χ0) is 16.9. The van der Waals surface area contributed by atoms with E-state index in [1.165, 1.54) is 12.1 Å². The van der Waals surface area contributed by atoms with Crippen LogP contribution in [-0.4, -0.2) is 6.29 Å². The average Bonchev–Trinajstić information content (AvgIpc) is 2.62. The number of halogens is 1. The van der Waals surface area contributed by atoms with Crippen LogP contribution in [0.15, 0.2) is 66.7 Å². The van der Waals surface area contributed by atoms with Crippen LogP contribution in [0, 0.1) is 12.7 Å². The average molecular weight is 320 g/mol. The van der Waals surface area contributed by atoms with Crippen molar-refractivity contribution in [2.75, 3.05) is 0 Å². The van der Waals surface area contributed by atoms with Gasteiger partial charge in [0.2, 0.25) is 0 Å². The maximum Gasteiger partial charge on any atom is 0.153 e. The summed E-state index contributed by atoms with van der Waals surface area (Å²) in [6, 6.07) is 19.8. The number of hydrogen-bond acceptors (Lipinski definition) is 2. The summed E-state index contributed by atoms with van der Waals surface area (Å²) >= 11 is 0. The molecule has 0 aliphatic carbocycles. The SMILES string of the molecule is Cc1ccccc1-c1c(F)ccc(C=O)c1OCc1ccccc1. The molecule has 0 saturated heterocycles. The Bertz CT molecular complexity index is 857. The van der Waals surface area contributed by atoms with E-state index in [-0.39, 0.29) is 12.4 Å². The minimum absolute atomic E-state index is 0.268. The summed E-state index contributed by atoms with van der Waals surface area (Å²) in [5, 5.41) is 0. The van der Waals surface area contributed by atoms with Crippen LogP contribution in [0.1, 0.15) is 21.5 Å². The molecule has 0 fully saturated rings. The van der Waals surface area contributed by atoms with Crippen molar-refractivity contribution in [3.05, 3.63) is 89.2 Å². The second-order valence-electron chi connectivity index (χ2n) is 5.55. The van der Waals surface area contributed by atoms with Gasteiger partial charge in [0.15, 0.2) is 6.29 Å². The second kappa shape index (κ2) is 7.09. The lowest BCUT2D eigenvalue weighted by molar-refractivity contribution is 0.111. The van der Waals surface area contributed by atoms with Gasteiger partial charge in [-0.05, 0) is 35.7 Å². The summed E-state index contributed by atoms with van der Waals surface area (Å²) in [4.78, 5) is 11.4. The molecule has 3 heteroatoms. The first-order valence-electron chi connectivity index (χ1n) is 7.71. The van der Waals surface area contributed by atoms with Gasteiger partial charge in [-0.15, -0.1) is 0 Å². The largest absolute Gasteiger partial charge is 0.487 e. The highest BCUT2D eigenvalue weighted by atomic mass is 19.1. The van der Waals surface area contributed by atoms with E-state index in [2.05, 4.69) is 0 Å². The summed E-state index contributed by atoms with van der Waals surface area (Å²) < 4.78 is 20.4. The number of rotatable bonds is 5. The van der Waals surface area contributed by atoms with Crippen molar-refractivity contribution >= 4 is 6.29 Å². The molecule has 0 aliphatic rings. The molecular weight excluding hydrogens is 303 g/mol. The molecule has 3 aromatic carbocycles. The van der Waals surface area contributed by atoms with Gasteiger partial charge in [-0.2, -0.15) is 0 Å². The molecule has 0 aliphatic heterocycles. The minimum Gasteiger partial charge on any atom is -0.487 e. The van der Waals surface area contributed by atoms with E-state index < -0.39 is 5.82 Å². The van der Waals surface area contributed by atoms with Crippen LogP contribution in [0.25, 0.3) is 11.1 Å². The first kappa shape index (κ1) is 15.9. The molecule has 0 heterocycles. The van der Waals surface area contributed by atoms with Gasteiger partial charge < -0.3 is 4.74 Å².